The van der Waals surface area contributed by atoms with E-state index >= 15 is 0 Å². The van der Waals surface area contributed by atoms with Crippen LogP contribution in [0, 0.1) is 0 Å². The van der Waals surface area contributed by atoms with Crippen LogP contribution in [0.3, 0.4) is 0 Å². The van der Waals surface area contributed by atoms with Crippen LogP contribution in [-0.2, 0) is 4.74 Å². The molecule has 4 nitrogen and oxygen atoms in total. The van der Waals surface area contributed by atoms with Gasteiger partial charge in [0.2, 0.25) is 0 Å². The summed E-state index contributed by atoms with van der Waals surface area (Å²) >= 11 is 0. The second kappa shape index (κ2) is 4.70. The zero-order valence-electron chi connectivity index (χ0n) is 11.0. The smallest absolute Gasteiger partial charge is 0.253 e. The topological polar surface area (TPSA) is 54.1 Å². The Labute approximate surface area is 112 Å². The number of rotatable bonds is 3. The zero-order valence-corrected chi connectivity index (χ0v) is 11.0. The SMILES string of the molecule is CC1(CNC(=O)c2c[nH]c3ccccc23)CCCO1. The summed E-state index contributed by atoms with van der Waals surface area (Å²) in [5, 5.41) is 3.93. The van der Waals surface area contributed by atoms with Crippen LogP contribution in [0.25, 0.3) is 10.9 Å². The molecule has 1 aromatic heterocycles. The van der Waals surface area contributed by atoms with Gasteiger partial charge in [-0.15, -0.1) is 0 Å². The maximum absolute atomic E-state index is 12.2. The fraction of sp³-hybridized carbons (Fsp3) is 0.400. The fourth-order valence-electron chi connectivity index (χ4n) is 2.60. The molecule has 0 bridgehead atoms. The fourth-order valence-corrected chi connectivity index (χ4v) is 2.60. The van der Waals surface area contributed by atoms with Crippen molar-refractivity contribution in [2.45, 2.75) is 25.4 Å². The van der Waals surface area contributed by atoms with E-state index in [1.54, 1.807) is 6.20 Å². The summed E-state index contributed by atoms with van der Waals surface area (Å²) < 4.78 is 5.67. The largest absolute Gasteiger partial charge is 0.373 e. The molecule has 1 atom stereocenters. The first kappa shape index (κ1) is 12.2. The molecule has 1 amide bonds. The summed E-state index contributed by atoms with van der Waals surface area (Å²) in [4.78, 5) is 15.3. The number of carbonyl (C=O) groups is 1. The molecule has 1 aliphatic rings. The number of hydrogen-bond donors (Lipinski definition) is 2. The minimum atomic E-state index is -0.207. The van der Waals surface area contributed by atoms with Gasteiger partial charge >= 0.3 is 0 Å². The average Bonchev–Trinajstić information content (AvgIpc) is 3.03. The molecule has 2 heterocycles. The number of nitrogens with one attached hydrogen (secondary N) is 2. The van der Waals surface area contributed by atoms with E-state index in [0.717, 1.165) is 30.4 Å². The van der Waals surface area contributed by atoms with E-state index in [1.807, 2.05) is 24.3 Å². The van der Waals surface area contributed by atoms with Gasteiger partial charge in [-0.25, -0.2) is 0 Å². The number of para-hydroxylation sites is 1. The van der Waals surface area contributed by atoms with E-state index < -0.39 is 0 Å². The van der Waals surface area contributed by atoms with Crippen molar-refractivity contribution >= 4 is 16.8 Å². The predicted octanol–water partition coefficient (Wildman–Crippen LogP) is 2.47. The van der Waals surface area contributed by atoms with E-state index in [4.69, 9.17) is 4.74 Å². The Morgan fingerprint density at radius 2 is 2.32 bits per heavy atom. The highest BCUT2D eigenvalue weighted by Gasteiger charge is 2.30. The predicted molar refractivity (Wildman–Crippen MR) is 74.2 cm³/mol. The molecule has 1 aromatic carbocycles. The van der Waals surface area contributed by atoms with Crippen LogP contribution in [-0.4, -0.2) is 29.6 Å². The quantitative estimate of drug-likeness (QED) is 0.888. The second-order valence-corrected chi connectivity index (χ2v) is 5.33. The van der Waals surface area contributed by atoms with Gasteiger partial charge in [-0.3, -0.25) is 4.79 Å². The lowest BCUT2D eigenvalue weighted by molar-refractivity contribution is 0.0206. The molecule has 1 saturated heterocycles. The van der Waals surface area contributed by atoms with E-state index in [9.17, 15) is 4.79 Å². The molecule has 100 valence electrons. The molecule has 1 fully saturated rings. The van der Waals surface area contributed by atoms with Crippen LogP contribution < -0.4 is 5.32 Å². The molecule has 2 N–H and O–H groups in total. The van der Waals surface area contributed by atoms with Crippen molar-refractivity contribution in [1.82, 2.24) is 10.3 Å². The molecule has 0 saturated carbocycles. The number of fused-ring (bicyclic) bond motifs is 1. The van der Waals surface area contributed by atoms with Gasteiger partial charge in [0.25, 0.3) is 5.91 Å². The standard InChI is InChI=1S/C15H18N2O2/c1-15(7-4-8-19-15)10-17-14(18)12-9-16-13-6-3-2-5-11(12)13/h2-3,5-6,9,16H,4,7-8,10H2,1H3,(H,17,18). The van der Waals surface area contributed by atoms with Crippen molar-refractivity contribution in [3.8, 4) is 0 Å². The van der Waals surface area contributed by atoms with Gasteiger partial charge in [-0.1, -0.05) is 18.2 Å². The van der Waals surface area contributed by atoms with Crippen molar-refractivity contribution in [3.63, 3.8) is 0 Å². The normalized spacial score (nSPS) is 22.8. The molecular formula is C15H18N2O2. The minimum absolute atomic E-state index is 0.0471. The van der Waals surface area contributed by atoms with Gasteiger partial charge in [-0.05, 0) is 25.8 Å². The van der Waals surface area contributed by atoms with Gasteiger partial charge in [-0.2, -0.15) is 0 Å². The summed E-state index contributed by atoms with van der Waals surface area (Å²) in [5.74, 6) is -0.0471. The van der Waals surface area contributed by atoms with Crippen molar-refractivity contribution in [3.05, 3.63) is 36.0 Å². The molecule has 2 aromatic rings. The summed E-state index contributed by atoms with van der Waals surface area (Å²) in [6.45, 7) is 3.40. The third-order valence-electron chi connectivity index (χ3n) is 3.76. The Morgan fingerprint density at radius 3 is 3.11 bits per heavy atom. The van der Waals surface area contributed by atoms with Crippen LogP contribution >= 0.6 is 0 Å². The number of aromatic amines is 1. The third kappa shape index (κ3) is 2.36. The number of hydrogen-bond acceptors (Lipinski definition) is 2. The average molecular weight is 258 g/mol. The van der Waals surface area contributed by atoms with Crippen molar-refractivity contribution in [2.75, 3.05) is 13.2 Å². The van der Waals surface area contributed by atoms with E-state index in [2.05, 4.69) is 17.2 Å². The third-order valence-corrected chi connectivity index (χ3v) is 3.76. The van der Waals surface area contributed by atoms with Crippen molar-refractivity contribution < 1.29 is 9.53 Å². The summed E-state index contributed by atoms with van der Waals surface area (Å²) in [5.41, 5.74) is 1.47. The molecule has 1 aliphatic heterocycles. The molecule has 19 heavy (non-hydrogen) atoms. The van der Waals surface area contributed by atoms with E-state index in [0.29, 0.717) is 12.1 Å². The van der Waals surface area contributed by atoms with E-state index in [1.165, 1.54) is 0 Å². The maximum atomic E-state index is 12.2. The van der Waals surface area contributed by atoms with Crippen LogP contribution in [0.15, 0.2) is 30.5 Å². The molecular weight excluding hydrogens is 240 g/mol. The highest BCUT2D eigenvalue weighted by Crippen LogP contribution is 2.24. The maximum Gasteiger partial charge on any atom is 0.253 e. The van der Waals surface area contributed by atoms with Crippen LogP contribution in [0.2, 0.25) is 0 Å². The lowest BCUT2D eigenvalue weighted by Crippen LogP contribution is -2.40. The Morgan fingerprint density at radius 1 is 1.47 bits per heavy atom. The highest BCUT2D eigenvalue weighted by molar-refractivity contribution is 6.06. The lowest BCUT2D eigenvalue weighted by atomic mass is 10.0. The highest BCUT2D eigenvalue weighted by atomic mass is 16.5. The zero-order chi connectivity index (χ0) is 13.3. The number of benzene rings is 1. The van der Waals surface area contributed by atoms with Gasteiger partial charge in [0.05, 0.1) is 11.2 Å². The Kier molecular flexibility index (Phi) is 3.03. The number of aromatic nitrogens is 1. The molecule has 4 heteroatoms. The van der Waals surface area contributed by atoms with Crippen molar-refractivity contribution in [1.29, 1.82) is 0 Å². The molecule has 1 unspecified atom stereocenters. The number of amides is 1. The van der Waals surface area contributed by atoms with E-state index in [-0.39, 0.29) is 11.5 Å². The van der Waals surface area contributed by atoms with Crippen LogP contribution in [0.1, 0.15) is 30.1 Å². The first-order valence-electron chi connectivity index (χ1n) is 6.66. The first-order chi connectivity index (χ1) is 9.18. The molecule has 0 spiro atoms. The lowest BCUT2D eigenvalue weighted by Gasteiger charge is -2.23. The van der Waals surface area contributed by atoms with Gasteiger partial charge in [0.15, 0.2) is 0 Å². The summed E-state index contributed by atoms with van der Waals surface area (Å²) in [6.07, 6.45) is 3.83. The minimum Gasteiger partial charge on any atom is -0.373 e. The van der Waals surface area contributed by atoms with Gasteiger partial charge in [0.1, 0.15) is 0 Å². The Bertz CT molecular complexity index is 597. The number of carbonyl (C=O) groups excluding carboxylic acids is 1. The monoisotopic (exact) mass is 258 g/mol. The molecule has 0 aliphatic carbocycles. The van der Waals surface area contributed by atoms with Gasteiger partial charge < -0.3 is 15.0 Å². The molecule has 0 radical (unpaired) electrons. The number of H-pyrrole nitrogens is 1. The van der Waals surface area contributed by atoms with Crippen molar-refractivity contribution in [2.24, 2.45) is 0 Å². The Hall–Kier alpha value is -1.81. The second-order valence-electron chi connectivity index (χ2n) is 5.33. The first-order valence-corrected chi connectivity index (χ1v) is 6.66. The number of ether oxygens (including phenoxy) is 1. The molecule has 3 rings (SSSR count). The Balaban J connectivity index is 1.73. The summed E-state index contributed by atoms with van der Waals surface area (Å²) in [7, 11) is 0. The van der Waals surface area contributed by atoms with Crippen LogP contribution in [0.4, 0.5) is 0 Å². The van der Waals surface area contributed by atoms with Gasteiger partial charge in [0, 0.05) is 30.3 Å². The van der Waals surface area contributed by atoms with Crippen LogP contribution in [0.5, 0.6) is 0 Å². The summed E-state index contributed by atoms with van der Waals surface area (Å²) in [6, 6.07) is 7.81.